The average molecular weight is 655 g/mol. The lowest BCUT2D eigenvalue weighted by Crippen LogP contribution is -2.69. The highest BCUT2D eigenvalue weighted by Crippen LogP contribution is 2.75. The predicted octanol–water partition coefficient (Wildman–Crippen LogP) is 6.14. The van der Waals surface area contributed by atoms with Crippen LogP contribution in [0.25, 0.3) is 0 Å². The molecule has 1 aromatic heterocycles. The summed E-state index contributed by atoms with van der Waals surface area (Å²) in [5, 5.41) is 24.1. The molecule has 10 heteroatoms. The molecule has 6 rings (SSSR count). The third-order valence-corrected chi connectivity index (χ3v) is 15.5. The molecule has 2 bridgehead atoms. The fourth-order valence-electron chi connectivity index (χ4n) is 12.3. The van der Waals surface area contributed by atoms with Crippen LogP contribution in [0, 0.1) is 62.6 Å². The van der Waals surface area contributed by atoms with Crippen molar-refractivity contribution < 1.29 is 19.4 Å². The van der Waals surface area contributed by atoms with Crippen LogP contribution in [-0.2, 0) is 14.3 Å². The number of hydrogen-bond acceptors (Lipinski definition) is 8. The molecular weight excluding hydrogens is 592 g/mol. The minimum absolute atomic E-state index is 0.115. The van der Waals surface area contributed by atoms with E-state index in [0.29, 0.717) is 31.0 Å². The molecule has 0 radical (unpaired) electrons. The second-order valence-corrected chi connectivity index (χ2v) is 18.2. The van der Waals surface area contributed by atoms with E-state index >= 15 is 0 Å². The lowest BCUT2D eigenvalue weighted by molar-refractivity contribution is -0.259. The molecule has 0 spiro atoms. The van der Waals surface area contributed by atoms with Gasteiger partial charge in [0, 0.05) is 16.9 Å². The first kappa shape index (κ1) is 34.8. The number of rotatable bonds is 8. The van der Waals surface area contributed by atoms with Crippen molar-refractivity contribution in [3.05, 3.63) is 11.6 Å². The number of fused-ring (bicyclic) bond motifs is 3. The number of carboxylic acids is 1. The van der Waals surface area contributed by atoms with E-state index in [-0.39, 0.29) is 69.2 Å². The summed E-state index contributed by atoms with van der Waals surface area (Å²) in [7, 11) is 0. The Morgan fingerprint density at radius 2 is 1.74 bits per heavy atom. The number of nitrogens with two attached hydrogens (primary N) is 2. The van der Waals surface area contributed by atoms with Crippen molar-refractivity contribution in [1.29, 1.82) is 0 Å². The molecule has 5 N–H and O–H groups in total. The summed E-state index contributed by atoms with van der Waals surface area (Å²) in [5.41, 5.74) is 12.9. The second kappa shape index (κ2) is 11.5. The molecule has 1 saturated heterocycles. The van der Waals surface area contributed by atoms with E-state index in [4.69, 9.17) is 20.9 Å². The van der Waals surface area contributed by atoms with E-state index in [1.807, 2.05) is 0 Å². The Labute approximate surface area is 282 Å². The third kappa shape index (κ3) is 4.80. The van der Waals surface area contributed by atoms with Gasteiger partial charge in [0.25, 0.3) is 5.95 Å². The molecular formula is C37H62N6O4. The van der Waals surface area contributed by atoms with Crippen molar-refractivity contribution in [2.45, 2.75) is 132 Å². The highest BCUT2D eigenvalue weighted by atomic mass is 16.5. The Morgan fingerprint density at radius 3 is 2.34 bits per heavy atom. The van der Waals surface area contributed by atoms with Crippen LogP contribution in [-0.4, -0.2) is 62.7 Å². The lowest BCUT2D eigenvalue weighted by atomic mass is 9.34. The van der Waals surface area contributed by atoms with Crippen LogP contribution in [0.15, 0.2) is 11.6 Å². The Hall–Kier alpha value is -2.04. The number of hydrogen-bond donors (Lipinski definition) is 3. The van der Waals surface area contributed by atoms with Gasteiger partial charge in [-0.25, -0.2) is 0 Å². The topological polar surface area (TPSA) is 151 Å². The van der Waals surface area contributed by atoms with Gasteiger partial charge in [0.1, 0.15) is 6.04 Å². The van der Waals surface area contributed by atoms with Crippen molar-refractivity contribution in [2.75, 3.05) is 18.9 Å². The molecule has 4 aliphatic carbocycles. The molecule has 1 aliphatic heterocycles. The molecule has 0 amide bonds. The van der Waals surface area contributed by atoms with Crippen LogP contribution >= 0.6 is 0 Å². The van der Waals surface area contributed by atoms with Crippen molar-refractivity contribution >= 4 is 11.9 Å². The number of tetrazole rings is 1. The molecule has 4 fully saturated rings. The van der Waals surface area contributed by atoms with E-state index in [0.717, 1.165) is 38.5 Å². The first-order valence-electron chi connectivity index (χ1n) is 18.3. The largest absolute Gasteiger partial charge is 0.481 e. The number of carboxylic acid groups (broad SMARTS) is 1. The van der Waals surface area contributed by atoms with Crippen LogP contribution < -0.4 is 11.5 Å². The fraction of sp³-hybridized carbons (Fsp3) is 0.892. The molecule has 13 atom stereocenters. The molecule has 1 aromatic rings. The molecule has 3 unspecified atom stereocenters. The maximum atomic E-state index is 13.4. The SMILES string of the molecule is CC(C)C(N)C(C)O[C@H]1[C@H](n2nnc(N)n2)CC23COC[C@@]1(C)[C@@H]2CC[C@H]1C3=CC[C@@]2(C)[C@H](C(=O)O)[C@@](C)([C@H](C)C(C)C)CC[C@]12C. The van der Waals surface area contributed by atoms with Crippen molar-refractivity contribution in [3.63, 3.8) is 0 Å². The smallest absolute Gasteiger partial charge is 0.307 e. The molecule has 5 aliphatic rings. The van der Waals surface area contributed by atoms with Crippen molar-refractivity contribution in [2.24, 2.45) is 68.3 Å². The summed E-state index contributed by atoms with van der Waals surface area (Å²) in [6, 6.07) is -0.308. The zero-order valence-electron chi connectivity index (χ0n) is 30.6. The number of nitrogen functional groups attached to an aromatic ring is 1. The van der Waals surface area contributed by atoms with Crippen molar-refractivity contribution in [1.82, 2.24) is 20.2 Å². The van der Waals surface area contributed by atoms with Crippen molar-refractivity contribution in [3.8, 4) is 0 Å². The third-order valence-electron chi connectivity index (χ3n) is 15.5. The van der Waals surface area contributed by atoms with Gasteiger partial charge in [0.2, 0.25) is 0 Å². The first-order valence-corrected chi connectivity index (χ1v) is 18.3. The number of anilines is 1. The quantitative estimate of drug-likeness (QED) is 0.281. The van der Waals surface area contributed by atoms with Crippen LogP contribution in [0.2, 0.25) is 0 Å². The van der Waals surface area contributed by atoms with E-state index in [2.05, 4.69) is 90.7 Å². The van der Waals surface area contributed by atoms with Gasteiger partial charge < -0.3 is 26.0 Å². The zero-order chi connectivity index (χ0) is 34.5. The van der Waals surface area contributed by atoms with Crippen LogP contribution in [0.5, 0.6) is 0 Å². The molecule has 47 heavy (non-hydrogen) atoms. The summed E-state index contributed by atoms with van der Waals surface area (Å²) in [6.07, 6.45) is 7.66. The average Bonchev–Trinajstić information content (AvgIpc) is 3.43. The van der Waals surface area contributed by atoms with E-state index in [1.165, 1.54) is 5.57 Å². The highest BCUT2D eigenvalue weighted by molar-refractivity contribution is 5.73. The lowest BCUT2D eigenvalue weighted by Gasteiger charge is -2.71. The molecule has 264 valence electrons. The van der Waals surface area contributed by atoms with Crippen LogP contribution in [0.3, 0.4) is 0 Å². The number of allylic oxidation sites excluding steroid dienone is 1. The Morgan fingerprint density at radius 1 is 1.04 bits per heavy atom. The number of ether oxygens (including phenoxy) is 2. The van der Waals surface area contributed by atoms with Crippen LogP contribution in [0.4, 0.5) is 5.95 Å². The summed E-state index contributed by atoms with van der Waals surface area (Å²) in [4.78, 5) is 15.1. The number of carbonyl (C=O) groups is 1. The maximum Gasteiger partial charge on any atom is 0.307 e. The Balaban J connectivity index is 1.45. The summed E-state index contributed by atoms with van der Waals surface area (Å²) in [5.74, 6) is 0.729. The van der Waals surface area contributed by atoms with Gasteiger partial charge in [-0.2, -0.15) is 4.80 Å². The number of aromatic nitrogens is 4. The molecule has 10 nitrogen and oxygen atoms in total. The Kier molecular flexibility index (Phi) is 8.52. The van der Waals surface area contributed by atoms with Gasteiger partial charge in [-0.15, -0.1) is 5.10 Å². The minimum atomic E-state index is -0.632. The fourth-order valence-corrected chi connectivity index (χ4v) is 12.3. The second-order valence-electron chi connectivity index (χ2n) is 18.2. The number of aliphatic carboxylic acids is 1. The summed E-state index contributed by atoms with van der Waals surface area (Å²) >= 11 is 0. The van der Waals surface area contributed by atoms with Gasteiger partial charge >= 0.3 is 5.97 Å². The molecule has 3 saturated carbocycles. The Bertz CT molecular complexity index is 1400. The van der Waals surface area contributed by atoms with E-state index in [1.54, 1.807) is 4.80 Å². The molecule has 0 aromatic carbocycles. The maximum absolute atomic E-state index is 13.4. The summed E-state index contributed by atoms with van der Waals surface area (Å²) < 4.78 is 13.7. The monoisotopic (exact) mass is 654 g/mol. The van der Waals surface area contributed by atoms with Gasteiger partial charge in [-0.3, -0.25) is 4.79 Å². The normalized spacial score (nSPS) is 45.0. The van der Waals surface area contributed by atoms with Gasteiger partial charge in [-0.1, -0.05) is 79.1 Å². The predicted molar refractivity (Wildman–Crippen MR) is 182 cm³/mol. The first-order chi connectivity index (χ1) is 21.9. The highest BCUT2D eigenvalue weighted by Gasteiger charge is 2.72. The van der Waals surface area contributed by atoms with Gasteiger partial charge in [0.15, 0.2) is 0 Å². The van der Waals surface area contributed by atoms with Gasteiger partial charge in [0.05, 0.1) is 31.3 Å². The standard InChI is InChI=1S/C37H62N6O4/c1-20(2)22(5)33(7)15-16-35(9)24-11-12-27-34(8)18-46-19-37(27,25(24)13-14-36(35,10)29(33)31(44)45)17-26(43-41-32(39)40-42-43)30(34)47-23(6)28(38)21(3)4/h13,20-24,26-30H,11-12,14-19,38H2,1-10H3,(H2,39,41)(H,44,45)/t22-,23?,24+,26-,27+,28?,29-,30+,33-,34+,35-,36+,37?/m1/s1. The molecule has 2 heterocycles. The zero-order valence-corrected chi connectivity index (χ0v) is 30.6. The number of nitrogens with zero attached hydrogens (tertiary/aromatic N) is 4. The van der Waals surface area contributed by atoms with Crippen LogP contribution in [0.1, 0.15) is 114 Å². The van der Waals surface area contributed by atoms with E-state index < -0.39 is 11.9 Å². The van der Waals surface area contributed by atoms with Gasteiger partial charge in [-0.05, 0) is 96.5 Å². The summed E-state index contributed by atoms with van der Waals surface area (Å²) in [6.45, 7) is 23.7. The van der Waals surface area contributed by atoms with E-state index in [9.17, 15) is 9.90 Å². The minimum Gasteiger partial charge on any atom is -0.481 e.